The van der Waals surface area contributed by atoms with Gasteiger partial charge in [0.15, 0.2) is 0 Å². The molecule has 1 aromatic carbocycles. The topological polar surface area (TPSA) is 45.2 Å². The first-order chi connectivity index (χ1) is 9.27. The van der Waals surface area contributed by atoms with Crippen molar-refractivity contribution < 1.29 is 4.79 Å². The van der Waals surface area contributed by atoms with Crippen molar-refractivity contribution in [1.29, 1.82) is 0 Å². The first-order valence-electron chi connectivity index (χ1n) is 6.28. The summed E-state index contributed by atoms with van der Waals surface area (Å²) in [5.41, 5.74) is 3.00. The lowest BCUT2D eigenvalue weighted by atomic mass is 10.00. The second-order valence-corrected chi connectivity index (χ2v) is 4.62. The number of rotatable bonds is 2. The fourth-order valence-electron chi connectivity index (χ4n) is 2.43. The largest absolute Gasteiger partial charge is 0.384 e. The molecule has 1 amide bonds. The lowest BCUT2D eigenvalue weighted by Crippen LogP contribution is -2.32. The summed E-state index contributed by atoms with van der Waals surface area (Å²) in [4.78, 5) is 18.2. The van der Waals surface area contributed by atoms with E-state index in [0.29, 0.717) is 6.54 Å². The van der Waals surface area contributed by atoms with E-state index in [0.717, 1.165) is 16.9 Å². The molecule has 0 bridgehead atoms. The van der Waals surface area contributed by atoms with Crippen molar-refractivity contribution in [3.8, 4) is 0 Å². The highest BCUT2D eigenvalue weighted by molar-refractivity contribution is 5.99. The molecule has 0 saturated carbocycles. The van der Waals surface area contributed by atoms with Crippen LogP contribution in [0.25, 0.3) is 0 Å². The van der Waals surface area contributed by atoms with Gasteiger partial charge in [0.05, 0.1) is 5.92 Å². The van der Waals surface area contributed by atoms with Crippen LogP contribution < -0.4 is 10.2 Å². The minimum atomic E-state index is -0.116. The molecule has 0 fully saturated rings. The standard InChI is InChI=1S/C15H15N3O/c1-18(11-6-8-16-9-7-11)15(19)13-10-17-14-5-3-2-4-12(13)14/h2-9,13,17H,10H2,1H3. The van der Waals surface area contributed by atoms with Gasteiger partial charge in [0.25, 0.3) is 0 Å². The van der Waals surface area contributed by atoms with Crippen LogP contribution in [0, 0.1) is 0 Å². The van der Waals surface area contributed by atoms with Gasteiger partial charge >= 0.3 is 0 Å². The summed E-state index contributed by atoms with van der Waals surface area (Å²) in [6.07, 6.45) is 3.39. The van der Waals surface area contributed by atoms with Gasteiger partial charge in [-0.05, 0) is 23.8 Å². The van der Waals surface area contributed by atoms with Gasteiger partial charge < -0.3 is 10.2 Å². The van der Waals surface area contributed by atoms with Crippen molar-refractivity contribution in [2.75, 3.05) is 23.8 Å². The SMILES string of the molecule is CN(C(=O)C1CNc2ccccc21)c1ccncc1. The van der Waals surface area contributed by atoms with Crippen LogP contribution in [-0.2, 0) is 4.79 Å². The Kier molecular flexibility index (Phi) is 2.91. The lowest BCUT2D eigenvalue weighted by Gasteiger charge is -2.21. The van der Waals surface area contributed by atoms with Crippen LogP contribution in [0.15, 0.2) is 48.8 Å². The molecule has 0 spiro atoms. The summed E-state index contributed by atoms with van der Waals surface area (Å²) in [7, 11) is 1.80. The number of carbonyl (C=O) groups excluding carboxylic acids is 1. The number of likely N-dealkylation sites (N-methyl/N-ethyl adjacent to an activating group) is 1. The van der Waals surface area contributed by atoms with Gasteiger partial charge in [-0.25, -0.2) is 0 Å². The third-order valence-corrected chi connectivity index (χ3v) is 3.51. The minimum absolute atomic E-state index is 0.101. The van der Waals surface area contributed by atoms with Gasteiger partial charge in [0.1, 0.15) is 0 Å². The van der Waals surface area contributed by atoms with E-state index in [1.165, 1.54) is 0 Å². The van der Waals surface area contributed by atoms with E-state index in [9.17, 15) is 4.79 Å². The number of nitrogens with zero attached hydrogens (tertiary/aromatic N) is 2. The van der Waals surface area contributed by atoms with Crippen LogP contribution in [0.5, 0.6) is 0 Å². The Labute approximate surface area is 112 Å². The number of fused-ring (bicyclic) bond motifs is 1. The van der Waals surface area contributed by atoms with E-state index < -0.39 is 0 Å². The molecular weight excluding hydrogens is 238 g/mol. The van der Waals surface area contributed by atoms with Crippen LogP contribution in [-0.4, -0.2) is 24.5 Å². The molecule has 1 atom stereocenters. The molecule has 3 rings (SSSR count). The molecule has 1 unspecified atom stereocenters. The molecule has 2 heterocycles. The normalized spacial score (nSPS) is 16.6. The monoisotopic (exact) mass is 253 g/mol. The predicted octanol–water partition coefficient (Wildman–Crippen LogP) is 2.25. The summed E-state index contributed by atoms with van der Waals surface area (Å²) in [5.74, 6) is -0.0157. The van der Waals surface area contributed by atoms with Gasteiger partial charge in [-0.15, -0.1) is 0 Å². The smallest absolute Gasteiger partial charge is 0.236 e. The highest BCUT2D eigenvalue weighted by Gasteiger charge is 2.30. The van der Waals surface area contributed by atoms with Crippen LogP contribution in [0.3, 0.4) is 0 Å². The molecule has 0 aliphatic carbocycles. The number of para-hydroxylation sites is 1. The molecule has 1 N–H and O–H groups in total. The summed E-state index contributed by atoms with van der Waals surface area (Å²) >= 11 is 0. The van der Waals surface area contributed by atoms with Gasteiger partial charge in [-0.3, -0.25) is 9.78 Å². The molecule has 4 nitrogen and oxygen atoms in total. The molecular formula is C15H15N3O. The van der Waals surface area contributed by atoms with E-state index in [1.54, 1.807) is 24.3 Å². The van der Waals surface area contributed by atoms with E-state index in [4.69, 9.17) is 0 Å². The van der Waals surface area contributed by atoms with E-state index >= 15 is 0 Å². The lowest BCUT2D eigenvalue weighted by molar-refractivity contribution is -0.119. The van der Waals surface area contributed by atoms with Gasteiger partial charge in [-0.2, -0.15) is 0 Å². The average Bonchev–Trinajstić information content (AvgIpc) is 2.90. The Morgan fingerprint density at radius 2 is 2.00 bits per heavy atom. The van der Waals surface area contributed by atoms with Gasteiger partial charge in [0.2, 0.25) is 5.91 Å². The summed E-state index contributed by atoms with van der Waals surface area (Å²) in [5, 5.41) is 3.28. The van der Waals surface area contributed by atoms with Crippen molar-refractivity contribution in [2.24, 2.45) is 0 Å². The highest BCUT2D eigenvalue weighted by atomic mass is 16.2. The fraction of sp³-hybridized carbons (Fsp3) is 0.200. The summed E-state index contributed by atoms with van der Waals surface area (Å²) in [6, 6.07) is 11.6. The Balaban J connectivity index is 1.86. The maximum Gasteiger partial charge on any atom is 0.236 e. The van der Waals surface area contributed by atoms with E-state index in [2.05, 4.69) is 10.3 Å². The number of pyridine rings is 1. The first kappa shape index (κ1) is 11.7. The Morgan fingerprint density at radius 1 is 1.26 bits per heavy atom. The van der Waals surface area contributed by atoms with Crippen molar-refractivity contribution >= 4 is 17.3 Å². The summed E-state index contributed by atoms with van der Waals surface area (Å²) < 4.78 is 0. The molecule has 1 aliphatic heterocycles. The first-order valence-corrected chi connectivity index (χ1v) is 6.28. The number of benzene rings is 1. The second-order valence-electron chi connectivity index (χ2n) is 4.62. The van der Waals surface area contributed by atoms with Crippen LogP contribution in [0.2, 0.25) is 0 Å². The number of anilines is 2. The predicted molar refractivity (Wildman–Crippen MR) is 75.3 cm³/mol. The van der Waals surface area contributed by atoms with Crippen molar-refractivity contribution in [1.82, 2.24) is 4.98 Å². The molecule has 4 heteroatoms. The van der Waals surface area contributed by atoms with Crippen molar-refractivity contribution in [3.63, 3.8) is 0 Å². The second kappa shape index (κ2) is 4.72. The van der Waals surface area contributed by atoms with Crippen LogP contribution >= 0.6 is 0 Å². The van der Waals surface area contributed by atoms with Crippen molar-refractivity contribution in [3.05, 3.63) is 54.4 Å². The van der Waals surface area contributed by atoms with Crippen LogP contribution in [0.4, 0.5) is 11.4 Å². The third-order valence-electron chi connectivity index (χ3n) is 3.51. The molecule has 19 heavy (non-hydrogen) atoms. The molecule has 0 saturated heterocycles. The maximum atomic E-state index is 12.6. The Bertz CT molecular complexity index is 597. The number of carbonyl (C=O) groups is 1. The quantitative estimate of drug-likeness (QED) is 0.893. The number of aromatic nitrogens is 1. The van der Waals surface area contributed by atoms with Crippen molar-refractivity contribution in [2.45, 2.75) is 5.92 Å². The summed E-state index contributed by atoms with van der Waals surface area (Å²) in [6.45, 7) is 0.660. The Hall–Kier alpha value is -2.36. The zero-order valence-electron chi connectivity index (χ0n) is 10.7. The zero-order valence-corrected chi connectivity index (χ0v) is 10.7. The van der Waals surface area contributed by atoms with E-state index in [1.807, 2.05) is 36.4 Å². The number of hydrogen-bond acceptors (Lipinski definition) is 3. The molecule has 1 aromatic heterocycles. The fourth-order valence-corrected chi connectivity index (χ4v) is 2.43. The van der Waals surface area contributed by atoms with Crippen LogP contribution in [0.1, 0.15) is 11.5 Å². The third kappa shape index (κ3) is 2.05. The molecule has 96 valence electrons. The van der Waals surface area contributed by atoms with Gasteiger partial charge in [0, 0.05) is 37.4 Å². The van der Waals surface area contributed by atoms with E-state index in [-0.39, 0.29) is 11.8 Å². The number of nitrogens with one attached hydrogen (secondary N) is 1. The number of amides is 1. The molecule has 0 radical (unpaired) electrons. The molecule has 1 aliphatic rings. The zero-order chi connectivity index (χ0) is 13.2. The maximum absolute atomic E-state index is 12.6. The average molecular weight is 253 g/mol. The van der Waals surface area contributed by atoms with Gasteiger partial charge in [-0.1, -0.05) is 18.2 Å². The Morgan fingerprint density at radius 3 is 2.79 bits per heavy atom. The number of hydrogen-bond donors (Lipinski definition) is 1. The molecule has 2 aromatic rings. The minimum Gasteiger partial charge on any atom is -0.384 e. The highest BCUT2D eigenvalue weighted by Crippen LogP contribution is 2.32.